The topological polar surface area (TPSA) is 35.6 Å². The van der Waals surface area contributed by atoms with Gasteiger partial charge in [0.05, 0.1) is 0 Å². The molecule has 0 bridgehead atoms. The molecule has 0 aromatic heterocycles. The summed E-state index contributed by atoms with van der Waals surface area (Å²) in [6, 6.07) is 20.2. The monoisotopic (exact) mass is 353 g/mol. The number of carbonyl (C=O) groups is 1. The quantitative estimate of drug-likeness (QED) is 0.712. The Morgan fingerprint density at radius 2 is 1.54 bits per heavy atom. The fraction of sp³-hybridized carbons (Fsp3) is 0.409. The summed E-state index contributed by atoms with van der Waals surface area (Å²) in [4.78, 5) is 17.3. The first kappa shape index (κ1) is 20.1. The number of hydrogen-bond donors (Lipinski definition) is 1. The highest BCUT2D eigenvalue weighted by atomic mass is 16.2. The van der Waals surface area contributed by atoms with E-state index in [1.807, 2.05) is 36.4 Å². The minimum Gasteiger partial charge on any atom is -0.353 e. The smallest absolute Gasteiger partial charge is 0.242 e. The van der Waals surface area contributed by atoms with Crippen LogP contribution < -0.4 is 5.32 Å². The van der Waals surface area contributed by atoms with Crippen LogP contribution in [0.1, 0.15) is 31.0 Å². The van der Waals surface area contributed by atoms with E-state index in [0.717, 1.165) is 31.7 Å². The maximum atomic E-state index is 12.9. The molecule has 140 valence electrons. The summed E-state index contributed by atoms with van der Waals surface area (Å²) < 4.78 is 0. The third-order valence-electron chi connectivity index (χ3n) is 4.63. The van der Waals surface area contributed by atoms with E-state index in [2.05, 4.69) is 60.3 Å². The maximum absolute atomic E-state index is 12.9. The van der Waals surface area contributed by atoms with E-state index in [9.17, 15) is 4.79 Å². The molecule has 0 saturated heterocycles. The van der Waals surface area contributed by atoms with Crippen molar-refractivity contribution in [2.24, 2.45) is 0 Å². The van der Waals surface area contributed by atoms with Gasteiger partial charge in [-0.05, 0) is 31.3 Å². The van der Waals surface area contributed by atoms with E-state index >= 15 is 0 Å². The lowest BCUT2D eigenvalue weighted by Gasteiger charge is -2.29. The summed E-state index contributed by atoms with van der Waals surface area (Å²) in [5.74, 6) is 0.0769. The number of likely N-dealkylation sites (N-methyl/N-ethyl adjacent to an activating group) is 2. The minimum atomic E-state index is -0.231. The Hall–Kier alpha value is -2.17. The van der Waals surface area contributed by atoms with Crippen molar-refractivity contribution in [2.75, 3.05) is 33.2 Å². The maximum Gasteiger partial charge on any atom is 0.242 e. The van der Waals surface area contributed by atoms with Gasteiger partial charge in [0.2, 0.25) is 5.91 Å². The lowest BCUT2D eigenvalue weighted by molar-refractivity contribution is -0.126. The fourth-order valence-electron chi connectivity index (χ4n) is 3.19. The van der Waals surface area contributed by atoms with Crippen molar-refractivity contribution < 1.29 is 4.79 Å². The summed E-state index contributed by atoms with van der Waals surface area (Å²) in [5.41, 5.74) is 2.33. The van der Waals surface area contributed by atoms with Gasteiger partial charge in [0.1, 0.15) is 6.04 Å². The third kappa shape index (κ3) is 5.97. The molecule has 26 heavy (non-hydrogen) atoms. The van der Waals surface area contributed by atoms with Gasteiger partial charge in [-0.15, -0.1) is 0 Å². The van der Waals surface area contributed by atoms with Crippen molar-refractivity contribution in [1.29, 1.82) is 0 Å². The summed E-state index contributed by atoms with van der Waals surface area (Å²) in [6.45, 7) is 8.23. The van der Waals surface area contributed by atoms with Crippen molar-refractivity contribution in [3.63, 3.8) is 0 Å². The van der Waals surface area contributed by atoms with Crippen LogP contribution in [0.25, 0.3) is 0 Å². The highest BCUT2D eigenvalue weighted by molar-refractivity contribution is 5.83. The van der Waals surface area contributed by atoms with E-state index < -0.39 is 0 Å². The summed E-state index contributed by atoms with van der Waals surface area (Å²) in [5, 5.41) is 3.12. The van der Waals surface area contributed by atoms with Gasteiger partial charge in [-0.2, -0.15) is 0 Å². The number of amides is 1. The van der Waals surface area contributed by atoms with Crippen LogP contribution >= 0.6 is 0 Å². The molecular formula is C22H31N3O. The third-order valence-corrected chi connectivity index (χ3v) is 4.63. The summed E-state index contributed by atoms with van der Waals surface area (Å²) in [6.07, 6.45) is 0. The number of hydrogen-bond acceptors (Lipinski definition) is 3. The molecule has 0 aliphatic carbocycles. The van der Waals surface area contributed by atoms with Crippen LogP contribution in [0.3, 0.4) is 0 Å². The molecule has 1 N–H and O–H groups in total. The van der Waals surface area contributed by atoms with E-state index in [1.165, 1.54) is 5.56 Å². The molecule has 2 aromatic carbocycles. The average Bonchev–Trinajstić information content (AvgIpc) is 2.67. The van der Waals surface area contributed by atoms with Crippen molar-refractivity contribution in [3.05, 3.63) is 71.8 Å². The Bertz CT molecular complexity index is 641. The van der Waals surface area contributed by atoms with Crippen molar-refractivity contribution in [2.45, 2.75) is 26.4 Å². The Balaban J connectivity index is 1.90. The van der Waals surface area contributed by atoms with Crippen LogP contribution in [0, 0.1) is 0 Å². The average molecular weight is 354 g/mol. The van der Waals surface area contributed by atoms with Crippen LogP contribution in [0.4, 0.5) is 0 Å². The second-order valence-electron chi connectivity index (χ2n) is 6.55. The van der Waals surface area contributed by atoms with Gasteiger partial charge in [0.15, 0.2) is 0 Å². The van der Waals surface area contributed by atoms with Gasteiger partial charge in [-0.3, -0.25) is 9.69 Å². The molecule has 4 heteroatoms. The zero-order valence-corrected chi connectivity index (χ0v) is 16.2. The molecule has 0 spiro atoms. The predicted octanol–water partition coefficient (Wildman–Crippen LogP) is 3.32. The predicted molar refractivity (Wildman–Crippen MR) is 108 cm³/mol. The van der Waals surface area contributed by atoms with Crippen molar-refractivity contribution in [3.8, 4) is 0 Å². The molecule has 1 amide bonds. The molecule has 2 rings (SSSR count). The van der Waals surface area contributed by atoms with E-state index in [4.69, 9.17) is 0 Å². The highest BCUT2D eigenvalue weighted by Gasteiger charge is 2.25. The normalized spacial score (nSPS) is 12.3. The lowest BCUT2D eigenvalue weighted by atomic mass is 10.0. The van der Waals surface area contributed by atoms with Crippen LogP contribution in [-0.2, 0) is 11.3 Å². The molecule has 1 atom stereocenters. The Morgan fingerprint density at radius 3 is 2.12 bits per heavy atom. The molecule has 0 aliphatic rings. The first-order valence-electron chi connectivity index (χ1n) is 9.44. The fourth-order valence-corrected chi connectivity index (χ4v) is 3.19. The van der Waals surface area contributed by atoms with Gasteiger partial charge < -0.3 is 10.2 Å². The van der Waals surface area contributed by atoms with Crippen LogP contribution in [0.5, 0.6) is 0 Å². The largest absolute Gasteiger partial charge is 0.353 e. The Morgan fingerprint density at radius 1 is 0.962 bits per heavy atom. The van der Waals surface area contributed by atoms with Gasteiger partial charge >= 0.3 is 0 Å². The van der Waals surface area contributed by atoms with Crippen molar-refractivity contribution >= 4 is 5.91 Å². The zero-order chi connectivity index (χ0) is 18.8. The van der Waals surface area contributed by atoms with E-state index in [1.54, 1.807) is 0 Å². The Labute approximate surface area is 157 Å². The first-order valence-corrected chi connectivity index (χ1v) is 9.44. The SMILES string of the molecule is CCN(CC)C(C(=O)NCCN(C)Cc1ccccc1)c1ccccc1. The Kier molecular flexibility index (Phi) is 8.32. The summed E-state index contributed by atoms with van der Waals surface area (Å²) in [7, 11) is 2.08. The number of rotatable bonds is 10. The van der Waals surface area contributed by atoms with Crippen LogP contribution in [-0.4, -0.2) is 48.9 Å². The minimum absolute atomic E-state index is 0.0769. The molecule has 0 saturated carbocycles. The molecule has 0 radical (unpaired) electrons. The lowest BCUT2D eigenvalue weighted by Crippen LogP contribution is -2.42. The molecule has 0 aliphatic heterocycles. The second-order valence-corrected chi connectivity index (χ2v) is 6.55. The first-order chi connectivity index (χ1) is 12.7. The standard InChI is InChI=1S/C22H31N3O/c1-4-25(5-2)21(20-14-10-7-11-15-20)22(26)23-16-17-24(3)18-19-12-8-6-9-13-19/h6-15,21H,4-5,16-18H2,1-3H3,(H,23,26). The van der Waals surface area contributed by atoms with Gasteiger partial charge in [0.25, 0.3) is 0 Å². The molecule has 0 fully saturated rings. The van der Waals surface area contributed by atoms with Gasteiger partial charge in [0, 0.05) is 19.6 Å². The number of benzene rings is 2. The second kappa shape index (κ2) is 10.7. The highest BCUT2D eigenvalue weighted by Crippen LogP contribution is 2.20. The van der Waals surface area contributed by atoms with Crippen molar-refractivity contribution in [1.82, 2.24) is 15.1 Å². The van der Waals surface area contributed by atoms with Gasteiger partial charge in [-0.1, -0.05) is 74.5 Å². The molecule has 2 aromatic rings. The number of nitrogens with one attached hydrogen (secondary N) is 1. The van der Waals surface area contributed by atoms with E-state index in [-0.39, 0.29) is 11.9 Å². The van der Waals surface area contributed by atoms with E-state index in [0.29, 0.717) is 6.54 Å². The molecular weight excluding hydrogens is 322 g/mol. The molecule has 0 heterocycles. The zero-order valence-electron chi connectivity index (χ0n) is 16.2. The number of carbonyl (C=O) groups excluding carboxylic acids is 1. The molecule has 1 unspecified atom stereocenters. The molecule has 4 nitrogen and oxygen atoms in total. The van der Waals surface area contributed by atoms with Crippen LogP contribution in [0.15, 0.2) is 60.7 Å². The summed E-state index contributed by atoms with van der Waals surface area (Å²) >= 11 is 0. The van der Waals surface area contributed by atoms with Crippen LogP contribution in [0.2, 0.25) is 0 Å². The van der Waals surface area contributed by atoms with Gasteiger partial charge in [-0.25, -0.2) is 0 Å². The number of nitrogens with zero attached hydrogens (tertiary/aromatic N) is 2.